The summed E-state index contributed by atoms with van der Waals surface area (Å²) in [5, 5.41) is 0. The van der Waals surface area contributed by atoms with Gasteiger partial charge in [-0.1, -0.05) is 0 Å². The Labute approximate surface area is 114 Å². The Bertz CT molecular complexity index is 571. The number of pyridine rings is 1. The van der Waals surface area contributed by atoms with E-state index in [1.165, 1.54) is 22.6 Å². The molecule has 0 unspecified atom stereocenters. The van der Waals surface area contributed by atoms with E-state index in [9.17, 15) is 8.42 Å². The van der Waals surface area contributed by atoms with Crippen LogP contribution in [0, 0.1) is 0 Å². The van der Waals surface area contributed by atoms with E-state index in [0.717, 1.165) is 0 Å². The van der Waals surface area contributed by atoms with E-state index in [4.69, 9.17) is 5.73 Å². The van der Waals surface area contributed by atoms with Crippen LogP contribution >= 0.6 is 0 Å². The lowest BCUT2D eigenvalue weighted by molar-refractivity contribution is 0.0801. The highest BCUT2D eigenvalue weighted by Gasteiger charge is 2.37. The SMILES string of the molecule is CN1CCN(S(=O)(=O)c2ccnc(N)c2)CC1(C)C. The first-order valence-electron chi connectivity index (χ1n) is 6.16. The molecular weight excluding hydrogens is 264 g/mol. The van der Waals surface area contributed by atoms with Gasteiger partial charge >= 0.3 is 0 Å². The molecule has 0 atom stereocenters. The molecule has 2 rings (SSSR count). The van der Waals surface area contributed by atoms with Crippen LogP contribution in [0.5, 0.6) is 0 Å². The molecule has 6 nitrogen and oxygen atoms in total. The summed E-state index contributed by atoms with van der Waals surface area (Å²) < 4.78 is 26.6. The Morgan fingerprint density at radius 1 is 1.37 bits per heavy atom. The maximum absolute atomic E-state index is 12.6. The van der Waals surface area contributed by atoms with Crippen LogP contribution in [0.1, 0.15) is 13.8 Å². The van der Waals surface area contributed by atoms with Crippen LogP contribution in [-0.4, -0.2) is 54.8 Å². The van der Waals surface area contributed by atoms with Crippen LogP contribution in [0.3, 0.4) is 0 Å². The van der Waals surface area contributed by atoms with Gasteiger partial charge in [0.2, 0.25) is 10.0 Å². The third-order valence-electron chi connectivity index (χ3n) is 3.67. The normalized spacial score (nSPS) is 21.4. The standard InChI is InChI=1S/C12H20N4O2S/c1-12(2)9-16(7-6-15(12)3)19(17,18)10-4-5-14-11(13)8-10/h4-5,8H,6-7,9H2,1-3H3,(H2,13,14). The summed E-state index contributed by atoms with van der Waals surface area (Å²) in [6.07, 6.45) is 1.42. The number of hydrogen-bond acceptors (Lipinski definition) is 5. The van der Waals surface area contributed by atoms with Gasteiger partial charge in [0.05, 0.1) is 4.90 Å². The van der Waals surface area contributed by atoms with Crippen molar-refractivity contribution in [3.63, 3.8) is 0 Å². The van der Waals surface area contributed by atoms with Crippen LogP contribution in [0.25, 0.3) is 0 Å². The summed E-state index contributed by atoms with van der Waals surface area (Å²) in [6, 6.07) is 2.89. The van der Waals surface area contributed by atoms with E-state index in [0.29, 0.717) is 19.6 Å². The first-order valence-corrected chi connectivity index (χ1v) is 7.60. The van der Waals surface area contributed by atoms with Gasteiger partial charge in [0.25, 0.3) is 0 Å². The van der Waals surface area contributed by atoms with Crippen molar-refractivity contribution < 1.29 is 8.42 Å². The summed E-state index contributed by atoms with van der Waals surface area (Å²) in [5.41, 5.74) is 5.38. The molecule has 106 valence electrons. The smallest absolute Gasteiger partial charge is 0.243 e. The number of anilines is 1. The van der Waals surface area contributed by atoms with Crippen molar-refractivity contribution in [2.45, 2.75) is 24.3 Å². The van der Waals surface area contributed by atoms with Gasteiger partial charge in [-0.25, -0.2) is 13.4 Å². The van der Waals surface area contributed by atoms with Crippen molar-refractivity contribution in [3.05, 3.63) is 18.3 Å². The average molecular weight is 284 g/mol. The van der Waals surface area contributed by atoms with Gasteiger partial charge in [0.15, 0.2) is 0 Å². The molecule has 7 heteroatoms. The summed E-state index contributed by atoms with van der Waals surface area (Å²) in [4.78, 5) is 6.20. The topological polar surface area (TPSA) is 79.5 Å². The second-order valence-corrected chi connectivity index (χ2v) is 7.43. The van der Waals surface area contributed by atoms with Gasteiger partial charge in [0.1, 0.15) is 5.82 Å². The quantitative estimate of drug-likeness (QED) is 0.849. The van der Waals surface area contributed by atoms with Gasteiger partial charge in [-0.2, -0.15) is 4.31 Å². The number of nitrogen functional groups attached to an aromatic ring is 1. The van der Waals surface area contributed by atoms with Crippen molar-refractivity contribution in [2.24, 2.45) is 0 Å². The summed E-state index contributed by atoms with van der Waals surface area (Å²) in [6.45, 7) is 5.75. The molecule has 2 N–H and O–H groups in total. The molecule has 0 spiro atoms. The number of sulfonamides is 1. The molecular formula is C12H20N4O2S. The molecule has 0 aliphatic carbocycles. The van der Waals surface area contributed by atoms with E-state index in [2.05, 4.69) is 9.88 Å². The third-order valence-corrected chi connectivity index (χ3v) is 5.51. The minimum atomic E-state index is -3.49. The first kappa shape index (κ1) is 14.2. The fraction of sp³-hybridized carbons (Fsp3) is 0.583. The van der Waals surface area contributed by atoms with Crippen molar-refractivity contribution in [3.8, 4) is 0 Å². The number of aromatic nitrogens is 1. The van der Waals surface area contributed by atoms with E-state index in [1.807, 2.05) is 20.9 Å². The van der Waals surface area contributed by atoms with E-state index in [1.54, 1.807) is 0 Å². The van der Waals surface area contributed by atoms with Crippen LogP contribution in [-0.2, 0) is 10.0 Å². The van der Waals surface area contributed by atoms with Crippen molar-refractivity contribution >= 4 is 15.8 Å². The number of nitrogens with two attached hydrogens (primary N) is 1. The molecule has 2 heterocycles. The zero-order chi connectivity index (χ0) is 14.3. The zero-order valence-electron chi connectivity index (χ0n) is 11.5. The molecule has 0 amide bonds. The van der Waals surface area contributed by atoms with Gasteiger partial charge in [-0.3, -0.25) is 4.90 Å². The van der Waals surface area contributed by atoms with Crippen LogP contribution in [0.15, 0.2) is 23.2 Å². The lowest BCUT2D eigenvalue weighted by atomic mass is 10.0. The lowest BCUT2D eigenvalue weighted by Crippen LogP contribution is -2.58. The van der Waals surface area contributed by atoms with Crippen LogP contribution < -0.4 is 5.73 Å². The number of hydrogen-bond donors (Lipinski definition) is 1. The monoisotopic (exact) mass is 284 g/mol. The molecule has 1 aliphatic rings. The zero-order valence-corrected chi connectivity index (χ0v) is 12.3. The van der Waals surface area contributed by atoms with Gasteiger partial charge in [-0.15, -0.1) is 0 Å². The minimum absolute atomic E-state index is 0.177. The van der Waals surface area contributed by atoms with Gasteiger partial charge in [-0.05, 0) is 27.0 Å². The highest BCUT2D eigenvalue weighted by molar-refractivity contribution is 7.89. The lowest BCUT2D eigenvalue weighted by Gasteiger charge is -2.44. The van der Waals surface area contributed by atoms with Crippen LogP contribution in [0.2, 0.25) is 0 Å². The number of rotatable bonds is 2. The summed E-state index contributed by atoms with van der Waals surface area (Å²) in [5.74, 6) is 0.217. The van der Waals surface area contributed by atoms with Gasteiger partial charge in [0, 0.05) is 37.4 Å². The fourth-order valence-electron chi connectivity index (χ4n) is 2.14. The third kappa shape index (κ3) is 2.72. The maximum Gasteiger partial charge on any atom is 0.243 e. The van der Waals surface area contributed by atoms with Crippen molar-refractivity contribution in [1.29, 1.82) is 0 Å². The minimum Gasteiger partial charge on any atom is -0.384 e. The Balaban J connectivity index is 2.31. The Kier molecular flexibility index (Phi) is 3.55. The van der Waals surface area contributed by atoms with E-state index in [-0.39, 0.29) is 16.3 Å². The average Bonchev–Trinajstić information content (AvgIpc) is 2.32. The number of piperazine rings is 1. The maximum atomic E-state index is 12.6. The number of nitrogens with zero attached hydrogens (tertiary/aromatic N) is 3. The molecule has 1 saturated heterocycles. The Morgan fingerprint density at radius 2 is 2.05 bits per heavy atom. The fourth-order valence-corrected chi connectivity index (χ4v) is 3.75. The van der Waals surface area contributed by atoms with Crippen molar-refractivity contribution in [2.75, 3.05) is 32.4 Å². The highest BCUT2D eigenvalue weighted by atomic mass is 32.2. The molecule has 1 aromatic heterocycles. The predicted molar refractivity (Wildman–Crippen MR) is 74.1 cm³/mol. The van der Waals surface area contributed by atoms with Crippen LogP contribution in [0.4, 0.5) is 5.82 Å². The second-order valence-electron chi connectivity index (χ2n) is 5.49. The Morgan fingerprint density at radius 3 is 2.63 bits per heavy atom. The van der Waals surface area contributed by atoms with E-state index >= 15 is 0 Å². The molecule has 1 aliphatic heterocycles. The largest absolute Gasteiger partial charge is 0.384 e. The highest BCUT2D eigenvalue weighted by Crippen LogP contribution is 2.25. The summed E-state index contributed by atoms with van der Waals surface area (Å²) in [7, 11) is -1.48. The summed E-state index contributed by atoms with van der Waals surface area (Å²) >= 11 is 0. The molecule has 0 radical (unpaired) electrons. The molecule has 1 aromatic rings. The molecule has 0 aromatic carbocycles. The Hall–Kier alpha value is -1.18. The predicted octanol–water partition coefficient (Wildman–Crippen LogP) is 0.378. The second kappa shape index (κ2) is 4.73. The first-order chi connectivity index (χ1) is 8.73. The molecule has 0 saturated carbocycles. The molecule has 1 fully saturated rings. The van der Waals surface area contributed by atoms with Gasteiger partial charge < -0.3 is 5.73 Å². The number of likely N-dealkylation sites (N-methyl/N-ethyl adjacent to an activating group) is 1. The molecule has 0 bridgehead atoms. The van der Waals surface area contributed by atoms with E-state index < -0.39 is 10.0 Å². The van der Waals surface area contributed by atoms with Crippen molar-refractivity contribution in [1.82, 2.24) is 14.2 Å². The molecule has 19 heavy (non-hydrogen) atoms.